The van der Waals surface area contributed by atoms with Crippen LogP contribution in [0.3, 0.4) is 0 Å². The zero-order chi connectivity index (χ0) is 5.11. The van der Waals surface area contributed by atoms with Gasteiger partial charge in [0.15, 0.2) is 0 Å². The normalized spacial score (nSPS) is 27.9. The minimum absolute atomic E-state index is 0.306. The maximum Gasteiger partial charge on any atom is 0.105 e. The number of hydrogen-bond acceptors (Lipinski definition) is 2. The number of hydrogen-bond donors (Lipinski definition) is 1. The average molecular weight is 99.1 g/mol. The van der Waals surface area contributed by atoms with Crippen LogP contribution in [0.2, 0.25) is 0 Å². The van der Waals surface area contributed by atoms with Crippen molar-refractivity contribution in [1.29, 1.82) is 0 Å². The first-order valence-electron chi connectivity index (χ1n) is 2.51. The van der Waals surface area contributed by atoms with E-state index in [1.54, 1.807) is 0 Å². The lowest BCUT2D eigenvalue weighted by molar-refractivity contribution is 0.0457. The van der Waals surface area contributed by atoms with Gasteiger partial charge in [0.1, 0.15) is 6.10 Å². The Balaban J connectivity index is 2.28. The summed E-state index contributed by atoms with van der Waals surface area (Å²) in [6.07, 6.45) is 5.16. The molecule has 2 nitrogen and oxygen atoms in total. The summed E-state index contributed by atoms with van der Waals surface area (Å²) < 4.78 is 0. The second kappa shape index (κ2) is 1.98. The summed E-state index contributed by atoms with van der Waals surface area (Å²) in [7, 11) is 0. The fourth-order valence-corrected chi connectivity index (χ4v) is 0.532. The lowest BCUT2D eigenvalue weighted by Gasteiger charge is -1.99. The number of rotatable bonds is 1. The highest BCUT2D eigenvalue weighted by Gasteiger charge is 2.03. The van der Waals surface area contributed by atoms with Crippen molar-refractivity contribution in [1.82, 2.24) is 5.48 Å². The highest BCUT2D eigenvalue weighted by molar-refractivity contribution is 4.89. The Hall–Kier alpha value is -0.500. The van der Waals surface area contributed by atoms with Crippen LogP contribution in [-0.4, -0.2) is 6.10 Å². The molecular formula is C5H9NO. The molecule has 1 aliphatic heterocycles. The van der Waals surface area contributed by atoms with E-state index in [0.29, 0.717) is 6.10 Å². The Labute approximate surface area is 43.1 Å². The van der Waals surface area contributed by atoms with Crippen molar-refractivity contribution in [3.63, 3.8) is 0 Å². The van der Waals surface area contributed by atoms with Gasteiger partial charge < -0.3 is 0 Å². The lowest BCUT2D eigenvalue weighted by atomic mass is 10.3. The molecule has 1 heterocycles. The summed E-state index contributed by atoms with van der Waals surface area (Å²) in [5.41, 5.74) is 2.64. The Bertz CT molecular complexity index is 80.1. The Kier molecular flexibility index (Phi) is 1.32. The molecule has 0 radical (unpaired) electrons. The van der Waals surface area contributed by atoms with Crippen LogP contribution in [0, 0.1) is 0 Å². The first kappa shape index (κ1) is 4.65. The Morgan fingerprint density at radius 2 is 2.71 bits per heavy atom. The SMILES string of the molecule is CCC1C=CNO1. The van der Waals surface area contributed by atoms with Crippen LogP contribution >= 0.6 is 0 Å². The van der Waals surface area contributed by atoms with Gasteiger partial charge in [0.2, 0.25) is 0 Å². The maximum absolute atomic E-state index is 4.94. The van der Waals surface area contributed by atoms with Crippen molar-refractivity contribution in [3.05, 3.63) is 12.3 Å². The van der Waals surface area contributed by atoms with E-state index in [2.05, 4.69) is 12.4 Å². The molecule has 0 aromatic carbocycles. The molecule has 0 aliphatic carbocycles. The highest BCUT2D eigenvalue weighted by atomic mass is 16.7. The van der Waals surface area contributed by atoms with Gasteiger partial charge in [-0.15, -0.1) is 0 Å². The summed E-state index contributed by atoms with van der Waals surface area (Å²) in [6.45, 7) is 2.09. The minimum Gasteiger partial charge on any atom is -0.274 e. The smallest absolute Gasteiger partial charge is 0.105 e. The molecule has 0 spiro atoms. The van der Waals surface area contributed by atoms with Crippen molar-refractivity contribution in [3.8, 4) is 0 Å². The molecule has 0 aromatic heterocycles. The van der Waals surface area contributed by atoms with Crippen LogP contribution in [0.4, 0.5) is 0 Å². The summed E-state index contributed by atoms with van der Waals surface area (Å²) in [6, 6.07) is 0. The van der Waals surface area contributed by atoms with Crippen LogP contribution in [0.25, 0.3) is 0 Å². The molecule has 0 bridgehead atoms. The van der Waals surface area contributed by atoms with Gasteiger partial charge in [-0.05, 0) is 12.5 Å². The Morgan fingerprint density at radius 1 is 1.86 bits per heavy atom. The minimum atomic E-state index is 0.306. The first-order valence-corrected chi connectivity index (χ1v) is 2.51. The second-order valence-electron chi connectivity index (χ2n) is 1.54. The number of nitrogens with one attached hydrogen (secondary N) is 1. The summed E-state index contributed by atoms with van der Waals surface area (Å²) in [4.78, 5) is 4.94. The van der Waals surface area contributed by atoms with Crippen molar-refractivity contribution in [2.75, 3.05) is 0 Å². The molecule has 1 atom stereocenters. The van der Waals surface area contributed by atoms with E-state index in [0.717, 1.165) is 6.42 Å². The van der Waals surface area contributed by atoms with Crippen LogP contribution in [0.15, 0.2) is 12.3 Å². The molecule has 0 saturated carbocycles. The van der Waals surface area contributed by atoms with Crippen LogP contribution < -0.4 is 5.48 Å². The van der Waals surface area contributed by atoms with E-state index in [9.17, 15) is 0 Å². The van der Waals surface area contributed by atoms with E-state index in [1.807, 2.05) is 12.3 Å². The van der Waals surface area contributed by atoms with Gasteiger partial charge in [-0.3, -0.25) is 10.3 Å². The van der Waals surface area contributed by atoms with Gasteiger partial charge in [-0.1, -0.05) is 6.92 Å². The molecule has 0 saturated heterocycles. The molecule has 40 valence electrons. The van der Waals surface area contributed by atoms with Crippen molar-refractivity contribution < 1.29 is 4.84 Å². The number of hydroxylamine groups is 1. The zero-order valence-corrected chi connectivity index (χ0v) is 4.35. The van der Waals surface area contributed by atoms with Gasteiger partial charge in [0, 0.05) is 6.20 Å². The van der Waals surface area contributed by atoms with Crippen molar-refractivity contribution >= 4 is 0 Å². The topological polar surface area (TPSA) is 21.3 Å². The van der Waals surface area contributed by atoms with E-state index < -0.39 is 0 Å². The summed E-state index contributed by atoms with van der Waals surface area (Å²) >= 11 is 0. The first-order chi connectivity index (χ1) is 3.43. The lowest BCUT2D eigenvalue weighted by Crippen LogP contribution is -2.08. The molecule has 1 N–H and O–H groups in total. The third-order valence-corrected chi connectivity index (χ3v) is 1.00. The van der Waals surface area contributed by atoms with Gasteiger partial charge in [-0.2, -0.15) is 0 Å². The van der Waals surface area contributed by atoms with Gasteiger partial charge in [-0.25, -0.2) is 0 Å². The standard InChI is InChI=1S/C5H9NO/c1-2-5-3-4-6-7-5/h3-6H,2H2,1H3. The highest BCUT2D eigenvalue weighted by Crippen LogP contribution is 2.00. The fraction of sp³-hybridized carbons (Fsp3) is 0.600. The molecule has 7 heavy (non-hydrogen) atoms. The quantitative estimate of drug-likeness (QED) is 0.525. The second-order valence-corrected chi connectivity index (χ2v) is 1.54. The predicted molar refractivity (Wildman–Crippen MR) is 27.4 cm³/mol. The average Bonchev–Trinajstić information content (AvgIpc) is 2.14. The molecular weight excluding hydrogens is 90.1 g/mol. The van der Waals surface area contributed by atoms with E-state index in [-0.39, 0.29) is 0 Å². The monoisotopic (exact) mass is 99.1 g/mol. The van der Waals surface area contributed by atoms with Gasteiger partial charge in [0.25, 0.3) is 0 Å². The van der Waals surface area contributed by atoms with Crippen LogP contribution in [0.5, 0.6) is 0 Å². The Morgan fingerprint density at radius 3 is 3.00 bits per heavy atom. The largest absolute Gasteiger partial charge is 0.274 e. The summed E-state index contributed by atoms with van der Waals surface area (Å²) in [5.74, 6) is 0. The van der Waals surface area contributed by atoms with Gasteiger partial charge >= 0.3 is 0 Å². The van der Waals surface area contributed by atoms with Gasteiger partial charge in [0.05, 0.1) is 0 Å². The fourth-order valence-electron chi connectivity index (χ4n) is 0.532. The van der Waals surface area contributed by atoms with E-state index >= 15 is 0 Å². The van der Waals surface area contributed by atoms with Crippen molar-refractivity contribution in [2.45, 2.75) is 19.4 Å². The third kappa shape index (κ3) is 0.933. The molecule has 0 aromatic rings. The molecule has 0 amide bonds. The maximum atomic E-state index is 4.94. The third-order valence-electron chi connectivity index (χ3n) is 1.00. The van der Waals surface area contributed by atoms with Crippen LogP contribution in [-0.2, 0) is 4.84 Å². The molecule has 2 heteroatoms. The molecule has 0 fully saturated rings. The predicted octanol–water partition coefficient (Wildman–Crippen LogP) is 0.813. The zero-order valence-electron chi connectivity index (χ0n) is 4.35. The summed E-state index contributed by atoms with van der Waals surface area (Å²) in [5, 5.41) is 0. The van der Waals surface area contributed by atoms with Crippen molar-refractivity contribution in [2.24, 2.45) is 0 Å². The molecule has 1 rings (SSSR count). The molecule has 1 aliphatic rings. The van der Waals surface area contributed by atoms with Crippen LogP contribution in [0.1, 0.15) is 13.3 Å². The van der Waals surface area contributed by atoms with E-state index in [4.69, 9.17) is 4.84 Å². The molecule has 1 unspecified atom stereocenters. The van der Waals surface area contributed by atoms with E-state index in [1.165, 1.54) is 0 Å².